The normalized spacial score (nSPS) is 11.6. The molecule has 0 bridgehead atoms. The summed E-state index contributed by atoms with van der Waals surface area (Å²) in [5, 5.41) is 32.2. The van der Waals surface area contributed by atoms with Gasteiger partial charge in [0.15, 0.2) is 0 Å². The van der Waals surface area contributed by atoms with E-state index in [1.807, 2.05) is 0 Å². The highest BCUT2D eigenvalue weighted by atomic mass is 79.9. The standard InChI is InChI=1S/C17H9BrF3N3O4/c18-14-7-13(24(27)28)5-9(15(14)25)4-10(8-22)16(26)23-12-3-1-2-11(6-12)17(19,20)21/h1-7,25H,(H,23,26)/b10-4-. The lowest BCUT2D eigenvalue weighted by atomic mass is 10.1. The van der Waals surface area contributed by atoms with Crippen molar-refractivity contribution in [2.24, 2.45) is 0 Å². The number of nitro benzene ring substituents is 1. The number of carbonyl (C=O) groups is 1. The zero-order valence-corrected chi connectivity index (χ0v) is 15.2. The van der Waals surface area contributed by atoms with Gasteiger partial charge in [-0.1, -0.05) is 6.07 Å². The lowest BCUT2D eigenvalue weighted by Crippen LogP contribution is -2.14. The molecule has 1 amide bonds. The number of anilines is 1. The fourth-order valence-electron chi connectivity index (χ4n) is 2.10. The summed E-state index contributed by atoms with van der Waals surface area (Å²) >= 11 is 2.92. The lowest BCUT2D eigenvalue weighted by Gasteiger charge is -2.09. The number of benzene rings is 2. The number of nitrogens with zero attached hydrogens (tertiary/aromatic N) is 2. The van der Waals surface area contributed by atoms with Gasteiger partial charge in [-0.3, -0.25) is 14.9 Å². The molecule has 0 fully saturated rings. The van der Waals surface area contributed by atoms with Gasteiger partial charge in [0.1, 0.15) is 17.4 Å². The van der Waals surface area contributed by atoms with Crippen LogP contribution in [-0.2, 0) is 11.0 Å². The van der Waals surface area contributed by atoms with Crippen molar-refractivity contribution in [2.45, 2.75) is 6.18 Å². The van der Waals surface area contributed by atoms with E-state index >= 15 is 0 Å². The van der Waals surface area contributed by atoms with Gasteiger partial charge in [-0.05, 0) is 40.2 Å². The minimum absolute atomic E-state index is 0.0384. The highest BCUT2D eigenvalue weighted by Gasteiger charge is 2.30. The van der Waals surface area contributed by atoms with E-state index in [0.717, 1.165) is 30.3 Å². The molecule has 0 spiro atoms. The van der Waals surface area contributed by atoms with Crippen molar-refractivity contribution >= 4 is 39.3 Å². The van der Waals surface area contributed by atoms with E-state index in [9.17, 15) is 38.4 Å². The van der Waals surface area contributed by atoms with Gasteiger partial charge in [0.25, 0.3) is 11.6 Å². The van der Waals surface area contributed by atoms with Crippen LogP contribution in [0.1, 0.15) is 11.1 Å². The highest BCUT2D eigenvalue weighted by molar-refractivity contribution is 9.10. The van der Waals surface area contributed by atoms with Crippen molar-refractivity contribution in [2.75, 3.05) is 5.32 Å². The van der Waals surface area contributed by atoms with Gasteiger partial charge in [-0.2, -0.15) is 18.4 Å². The Morgan fingerprint density at radius 2 is 2.00 bits per heavy atom. The van der Waals surface area contributed by atoms with Gasteiger partial charge in [0.05, 0.1) is 15.0 Å². The predicted octanol–water partition coefficient (Wildman–Crippen LogP) is 4.63. The maximum atomic E-state index is 12.7. The van der Waals surface area contributed by atoms with E-state index < -0.39 is 39.6 Å². The maximum Gasteiger partial charge on any atom is 0.416 e. The molecule has 28 heavy (non-hydrogen) atoms. The van der Waals surface area contributed by atoms with E-state index in [1.54, 1.807) is 6.07 Å². The number of non-ortho nitro benzene ring substituents is 1. The summed E-state index contributed by atoms with van der Waals surface area (Å²) in [7, 11) is 0. The molecule has 0 aliphatic carbocycles. The molecule has 0 atom stereocenters. The zero-order valence-electron chi connectivity index (χ0n) is 13.6. The van der Waals surface area contributed by atoms with Crippen LogP contribution in [0.5, 0.6) is 5.75 Å². The second kappa shape index (κ2) is 8.10. The third-order valence-electron chi connectivity index (χ3n) is 3.40. The summed E-state index contributed by atoms with van der Waals surface area (Å²) in [5.41, 5.74) is -2.39. The van der Waals surface area contributed by atoms with Crippen LogP contribution in [0.3, 0.4) is 0 Å². The molecule has 2 N–H and O–H groups in total. The summed E-state index contributed by atoms with van der Waals surface area (Å²) < 4.78 is 38.2. The Bertz CT molecular complexity index is 1030. The number of amides is 1. The van der Waals surface area contributed by atoms with Crippen LogP contribution < -0.4 is 5.32 Å². The minimum atomic E-state index is -4.62. The molecule has 2 aromatic carbocycles. The molecule has 0 aliphatic rings. The lowest BCUT2D eigenvalue weighted by molar-refractivity contribution is -0.385. The molecule has 11 heteroatoms. The van der Waals surface area contributed by atoms with Crippen LogP contribution in [0.25, 0.3) is 6.08 Å². The first-order valence-electron chi connectivity index (χ1n) is 7.30. The summed E-state index contributed by atoms with van der Waals surface area (Å²) in [6, 6.07) is 7.29. The molecule has 7 nitrogen and oxygen atoms in total. The van der Waals surface area contributed by atoms with Crippen molar-refractivity contribution in [1.29, 1.82) is 5.26 Å². The molecule has 0 heterocycles. The number of halogens is 4. The first-order valence-corrected chi connectivity index (χ1v) is 8.09. The molecule has 0 aliphatic heterocycles. The van der Waals surface area contributed by atoms with E-state index in [0.29, 0.717) is 6.07 Å². The molecular weight excluding hydrogens is 447 g/mol. The highest BCUT2D eigenvalue weighted by Crippen LogP contribution is 2.34. The third kappa shape index (κ3) is 4.86. The molecule has 0 saturated carbocycles. The summed E-state index contributed by atoms with van der Waals surface area (Å²) in [6.07, 6.45) is -3.73. The van der Waals surface area contributed by atoms with Gasteiger partial charge in [0.2, 0.25) is 0 Å². The average Bonchev–Trinajstić information content (AvgIpc) is 2.62. The Kier molecular flexibility index (Phi) is 6.05. The van der Waals surface area contributed by atoms with Gasteiger partial charge < -0.3 is 10.4 Å². The molecule has 0 aromatic heterocycles. The van der Waals surface area contributed by atoms with Crippen LogP contribution in [0.2, 0.25) is 0 Å². The van der Waals surface area contributed by atoms with Gasteiger partial charge >= 0.3 is 6.18 Å². The summed E-state index contributed by atoms with van der Waals surface area (Å²) in [5.74, 6) is -1.51. The SMILES string of the molecule is N#C/C(=C/c1cc([N+](=O)[O-])cc(Br)c1O)C(=O)Nc1cccc(C(F)(F)F)c1. The number of rotatable bonds is 4. The molecule has 2 rings (SSSR count). The molecule has 0 saturated heterocycles. The van der Waals surface area contributed by atoms with Crippen molar-refractivity contribution < 1.29 is 28.0 Å². The number of carbonyl (C=O) groups excluding carboxylic acids is 1. The van der Waals surface area contributed by atoms with Crippen molar-refractivity contribution in [3.05, 3.63) is 67.7 Å². The molecule has 0 radical (unpaired) electrons. The fraction of sp³-hybridized carbons (Fsp3) is 0.0588. The Morgan fingerprint density at radius 3 is 2.57 bits per heavy atom. The average molecular weight is 456 g/mol. The number of alkyl halides is 3. The van der Waals surface area contributed by atoms with E-state index in [-0.39, 0.29) is 15.7 Å². The van der Waals surface area contributed by atoms with Crippen LogP contribution in [-0.4, -0.2) is 15.9 Å². The Morgan fingerprint density at radius 1 is 1.32 bits per heavy atom. The Labute approximate surface area is 164 Å². The maximum absolute atomic E-state index is 12.7. The van der Waals surface area contributed by atoms with Gasteiger partial charge in [-0.25, -0.2) is 0 Å². The zero-order chi connectivity index (χ0) is 21.1. The predicted molar refractivity (Wildman–Crippen MR) is 96.1 cm³/mol. The second-order valence-electron chi connectivity index (χ2n) is 5.33. The van der Waals surface area contributed by atoms with Crippen molar-refractivity contribution in [3.8, 4) is 11.8 Å². The van der Waals surface area contributed by atoms with Crippen LogP contribution in [0.15, 0.2) is 46.4 Å². The number of nitrogens with one attached hydrogen (secondary N) is 1. The fourth-order valence-corrected chi connectivity index (χ4v) is 2.56. The summed E-state index contributed by atoms with van der Waals surface area (Å²) in [6.45, 7) is 0. The first-order chi connectivity index (χ1) is 13.0. The summed E-state index contributed by atoms with van der Waals surface area (Å²) in [4.78, 5) is 22.4. The molecule has 144 valence electrons. The number of aromatic hydroxyl groups is 1. The number of phenolic OH excluding ortho intramolecular Hbond substituents is 1. The quantitative estimate of drug-likeness (QED) is 0.301. The molecule has 0 unspecified atom stereocenters. The number of phenols is 1. The van der Waals surface area contributed by atoms with E-state index in [1.165, 1.54) is 6.07 Å². The van der Waals surface area contributed by atoms with Crippen molar-refractivity contribution in [3.63, 3.8) is 0 Å². The largest absolute Gasteiger partial charge is 0.506 e. The minimum Gasteiger partial charge on any atom is -0.506 e. The Hall–Kier alpha value is -3.39. The number of hydrogen-bond donors (Lipinski definition) is 2. The van der Waals surface area contributed by atoms with Crippen molar-refractivity contribution in [1.82, 2.24) is 0 Å². The number of hydrogen-bond acceptors (Lipinski definition) is 5. The van der Waals surface area contributed by atoms with Gasteiger partial charge in [-0.15, -0.1) is 0 Å². The first kappa shape index (κ1) is 20.9. The van der Waals surface area contributed by atoms with E-state index in [2.05, 4.69) is 21.2 Å². The van der Waals surface area contributed by atoms with Crippen LogP contribution >= 0.6 is 15.9 Å². The smallest absolute Gasteiger partial charge is 0.416 e. The number of nitro groups is 1. The molecular formula is C17H9BrF3N3O4. The van der Waals surface area contributed by atoms with E-state index in [4.69, 9.17) is 0 Å². The second-order valence-corrected chi connectivity index (χ2v) is 6.18. The monoisotopic (exact) mass is 455 g/mol. The topological polar surface area (TPSA) is 116 Å². The van der Waals surface area contributed by atoms with Crippen LogP contribution in [0, 0.1) is 21.4 Å². The number of nitriles is 1. The molecule has 2 aromatic rings. The van der Waals surface area contributed by atoms with Crippen LogP contribution in [0.4, 0.5) is 24.5 Å². The third-order valence-corrected chi connectivity index (χ3v) is 4.01. The van der Waals surface area contributed by atoms with Gasteiger partial charge in [0, 0.05) is 23.4 Å². The Balaban J connectivity index is 2.37.